The number of rotatable bonds is 6. The molecule has 150 valence electrons. The lowest BCUT2D eigenvalue weighted by molar-refractivity contribution is -0.136. The second kappa shape index (κ2) is 8.77. The molecule has 0 radical (unpaired) electrons. The third kappa shape index (κ3) is 5.13. The topological polar surface area (TPSA) is 45.2 Å². The fraction of sp³-hybridized carbons (Fsp3) is 0.182. The normalized spacial score (nSPS) is 11.2. The molecule has 3 rings (SSSR count). The van der Waals surface area contributed by atoms with Gasteiger partial charge in [-0.1, -0.05) is 42.5 Å². The van der Waals surface area contributed by atoms with Gasteiger partial charge in [0.1, 0.15) is 5.69 Å². The van der Waals surface area contributed by atoms with Crippen molar-refractivity contribution in [1.29, 1.82) is 0 Å². The first-order valence-electron chi connectivity index (χ1n) is 9.11. The van der Waals surface area contributed by atoms with Gasteiger partial charge in [0.05, 0.1) is 23.1 Å². The minimum Gasteiger partial charge on any atom is -0.354 e. The van der Waals surface area contributed by atoms with Crippen LogP contribution in [0.3, 0.4) is 0 Å². The molecule has 0 aliphatic carbocycles. The van der Waals surface area contributed by atoms with E-state index >= 15 is 0 Å². The van der Waals surface area contributed by atoms with Crippen LogP contribution in [0.25, 0.3) is 0 Å². The van der Waals surface area contributed by atoms with Crippen LogP contribution < -0.4 is 5.32 Å². The van der Waals surface area contributed by atoms with E-state index in [4.69, 9.17) is 0 Å². The number of benzene rings is 2. The predicted molar refractivity (Wildman–Crippen MR) is 106 cm³/mol. The second-order valence-corrected chi connectivity index (χ2v) is 6.41. The maximum Gasteiger partial charge on any atom is 0.418 e. The molecule has 0 fully saturated rings. The first-order chi connectivity index (χ1) is 13.9. The Morgan fingerprint density at radius 2 is 1.69 bits per heavy atom. The van der Waals surface area contributed by atoms with E-state index in [1.54, 1.807) is 11.0 Å². The van der Waals surface area contributed by atoms with Gasteiger partial charge in [-0.25, -0.2) is 4.98 Å². The van der Waals surface area contributed by atoms with Gasteiger partial charge < -0.3 is 10.2 Å². The molecule has 0 spiro atoms. The molecule has 0 aliphatic heterocycles. The van der Waals surface area contributed by atoms with Gasteiger partial charge in [0.2, 0.25) is 0 Å². The van der Waals surface area contributed by atoms with Crippen LogP contribution in [-0.2, 0) is 12.7 Å². The molecular formula is C22H20F3N3O. The first-order valence-corrected chi connectivity index (χ1v) is 9.11. The zero-order valence-corrected chi connectivity index (χ0v) is 15.8. The van der Waals surface area contributed by atoms with Gasteiger partial charge >= 0.3 is 6.18 Å². The number of pyridine rings is 1. The number of hydrogen-bond acceptors (Lipinski definition) is 3. The predicted octanol–water partition coefficient (Wildman–Crippen LogP) is 5.51. The van der Waals surface area contributed by atoms with Crippen molar-refractivity contribution < 1.29 is 18.0 Å². The van der Waals surface area contributed by atoms with Crippen molar-refractivity contribution in [1.82, 2.24) is 9.88 Å². The van der Waals surface area contributed by atoms with E-state index in [1.807, 2.05) is 37.3 Å². The maximum absolute atomic E-state index is 13.1. The number of carbonyl (C=O) groups excluding carboxylic acids is 1. The summed E-state index contributed by atoms with van der Waals surface area (Å²) >= 11 is 0. The smallest absolute Gasteiger partial charge is 0.354 e. The van der Waals surface area contributed by atoms with Crippen molar-refractivity contribution in [2.24, 2.45) is 0 Å². The van der Waals surface area contributed by atoms with Crippen LogP contribution in [0.1, 0.15) is 28.5 Å². The molecule has 1 aromatic heterocycles. The molecule has 0 aliphatic rings. The minimum absolute atomic E-state index is 0.0693. The van der Waals surface area contributed by atoms with Gasteiger partial charge in [0.15, 0.2) is 0 Å². The van der Waals surface area contributed by atoms with Gasteiger partial charge in [-0.15, -0.1) is 0 Å². The number of nitrogens with one attached hydrogen (secondary N) is 1. The third-order valence-corrected chi connectivity index (χ3v) is 4.38. The summed E-state index contributed by atoms with van der Waals surface area (Å²) in [5.74, 6) is -0.237. The Bertz CT molecular complexity index is 957. The van der Waals surface area contributed by atoms with Crippen LogP contribution >= 0.6 is 0 Å². The average molecular weight is 399 g/mol. The molecule has 1 N–H and O–H groups in total. The van der Waals surface area contributed by atoms with Crippen LogP contribution in [0, 0.1) is 0 Å². The number of hydrogen-bond donors (Lipinski definition) is 1. The lowest BCUT2D eigenvalue weighted by Gasteiger charge is -2.21. The Hall–Kier alpha value is -3.35. The molecule has 0 atom stereocenters. The van der Waals surface area contributed by atoms with E-state index < -0.39 is 11.7 Å². The number of alkyl halides is 3. The Balaban J connectivity index is 1.74. The monoisotopic (exact) mass is 399 g/mol. The van der Waals surface area contributed by atoms with E-state index in [-0.39, 0.29) is 17.3 Å². The summed E-state index contributed by atoms with van der Waals surface area (Å²) < 4.78 is 39.4. The molecule has 2 aromatic carbocycles. The fourth-order valence-electron chi connectivity index (χ4n) is 2.88. The summed E-state index contributed by atoms with van der Waals surface area (Å²) in [6.45, 7) is 2.84. The van der Waals surface area contributed by atoms with Crippen LogP contribution in [-0.4, -0.2) is 22.3 Å². The molecule has 29 heavy (non-hydrogen) atoms. The quantitative estimate of drug-likeness (QED) is 0.595. The van der Waals surface area contributed by atoms with E-state index in [2.05, 4.69) is 10.3 Å². The Labute approximate surface area is 167 Å². The van der Waals surface area contributed by atoms with E-state index in [0.29, 0.717) is 18.8 Å². The van der Waals surface area contributed by atoms with Gasteiger partial charge in [-0.05, 0) is 36.8 Å². The number of aromatic nitrogens is 1. The molecule has 0 saturated heterocycles. The van der Waals surface area contributed by atoms with Crippen molar-refractivity contribution >= 4 is 17.3 Å². The standard InChI is InChI=1S/C22H20F3N3O/c1-2-28(15-16-8-4-3-5-9-16)21(29)20-13-12-17(14-26-20)27-19-11-7-6-10-18(19)22(23,24)25/h3-14,27H,2,15H2,1H3. The number of halogens is 3. The number of nitrogens with zero attached hydrogens (tertiary/aromatic N) is 2. The van der Waals surface area contributed by atoms with Crippen molar-refractivity contribution in [2.75, 3.05) is 11.9 Å². The summed E-state index contributed by atoms with van der Waals surface area (Å²) in [4.78, 5) is 18.5. The summed E-state index contributed by atoms with van der Waals surface area (Å²) in [7, 11) is 0. The van der Waals surface area contributed by atoms with Crippen molar-refractivity contribution in [2.45, 2.75) is 19.6 Å². The first kappa shape index (κ1) is 20.4. The number of carbonyl (C=O) groups is 1. The molecule has 3 aromatic rings. The molecule has 0 unspecified atom stereocenters. The van der Waals surface area contributed by atoms with E-state index in [1.165, 1.54) is 30.5 Å². The highest BCUT2D eigenvalue weighted by Crippen LogP contribution is 2.35. The zero-order valence-electron chi connectivity index (χ0n) is 15.8. The van der Waals surface area contributed by atoms with Crippen LogP contribution in [0.5, 0.6) is 0 Å². The maximum atomic E-state index is 13.1. The lowest BCUT2D eigenvalue weighted by atomic mass is 10.1. The van der Waals surface area contributed by atoms with Crippen molar-refractivity contribution in [3.05, 3.63) is 89.7 Å². The molecule has 1 amide bonds. The van der Waals surface area contributed by atoms with Crippen LogP contribution in [0.4, 0.5) is 24.5 Å². The SMILES string of the molecule is CCN(Cc1ccccc1)C(=O)c1ccc(Nc2ccccc2C(F)(F)F)cn1. The highest BCUT2D eigenvalue weighted by Gasteiger charge is 2.33. The summed E-state index contributed by atoms with van der Waals surface area (Å²) in [5.41, 5.74) is 0.770. The minimum atomic E-state index is -4.47. The van der Waals surface area contributed by atoms with E-state index in [9.17, 15) is 18.0 Å². The average Bonchev–Trinajstić information content (AvgIpc) is 2.72. The van der Waals surface area contributed by atoms with Gasteiger partial charge in [0.25, 0.3) is 5.91 Å². The van der Waals surface area contributed by atoms with Gasteiger partial charge in [0, 0.05) is 13.1 Å². The number of anilines is 2. The number of para-hydroxylation sites is 1. The van der Waals surface area contributed by atoms with Crippen LogP contribution in [0.2, 0.25) is 0 Å². The Morgan fingerprint density at radius 1 is 1.00 bits per heavy atom. The lowest BCUT2D eigenvalue weighted by Crippen LogP contribution is -2.30. The van der Waals surface area contributed by atoms with Crippen molar-refractivity contribution in [3.8, 4) is 0 Å². The number of amides is 1. The molecule has 1 heterocycles. The largest absolute Gasteiger partial charge is 0.418 e. The molecule has 0 saturated carbocycles. The molecule has 7 heteroatoms. The molecule has 4 nitrogen and oxygen atoms in total. The van der Waals surface area contributed by atoms with Crippen LogP contribution in [0.15, 0.2) is 72.9 Å². The highest BCUT2D eigenvalue weighted by molar-refractivity contribution is 5.92. The van der Waals surface area contributed by atoms with E-state index in [0.717, 1.165) is 11.6 Å². The summed E-state index contributed by atoms with van der Waals surface area (Å²) in [6, 6.07) is 17.9. The highest BCUT2D eigenvalue weighted by atomic mass is 19.4. The summed E-state index contributed by atoms with van der Waals surface area (Å²) in [6.07, 6.45) is -3.11. The Morgan fingerprint density at radius 3 is 2.31 bits per heavy atom. The van der Waals surface area contributed by atoms with Crippen molar-refractivity contribution in [3.63, 3.8) is 0 Å². The summed E-state index contributed by atoms with van der Waals surface area (Å²) in [5, 5.41) is 2.72. The molecule has 0 bridgehead atoms. The fourth-order valence-corrected chi connectivity index (χ4v) is 2.88. The zero-order chi connectivity index (χ0) is 20.9. The Kier molecular flexibility index (Phi) is 6.16. The second-order valence-electron chi connectivity index (χ2n) is 6.41. The third-order valence-electron chi connectivity index (χ3n) is 4.38. The molecular weight excluding hydrogens is 379 g/mol. The van der Waals surface area contributed by atoms with Gasteiger partial charge in [-0.3, -0.25) is 4.79 Å². The van der Waals surface area contributed by atoms with Gasteiger partial charge in [-0.2, -0.15) is 13.2 Å².